The van der Waals surface area contributed by atoms with Gasteiger partial charge in [0.2, 0.25) is 0 Å². The lowest BCUT2D eigenvalue weighted by Gasteiger charge is -2.12. The molecule has 1 aromatic carbocycles. The largest absolute Gasteiger partial charge is 0.487 e. The van der Waals surface area contributed by atoms with Crippen LogP contribution < -0.4 is 10.5 Å². The van der Waals surface area contributed by atoms with Gasteiger partial charge in [0, 0.05) is 12.3 Å². The topological polar surface area (TPSA) is 44.5 Å². The number of anilines is 1. The Labute approximate surface area is 86.0 Å². The van der Waals surface area contributed by atoms with Crippen molar-refractivity contribution >= 4 is 13.8 Å². The highest BCUT2D eigenvalue weighted by atomic mass is 31.1. The molecule has 0 aliphatic heterocycles. The fourth-order valence-electron chi connectivity index (χ4n) is 0.987. The van der Waals surface area contributed by atoms with Gasteiger partial charge in [0.1, 0.15) is 12.1 Å². The zero-order chi connectivity index (χ0) is 10.4. The molecular weight excluding hydrogens is 197 g/mol. The average molecular weight is 213 g/mol. The van der Waals surface area contributed by atoms with Gasteiger partial charge in [-0.25, -0.2) is 0 Å². The van der Waals surface area contributed by atoms with Gasteiger partial charge < -0.3 is 15.0 Å². The molecule has 0 aromatic heterocycles. The molecule has 0 aliphatic rings. The first kappa shape index (κ1) is 11.3. The Morgan fingerprint density at radius 1 is 1.29 bits per heavy atom. The normalized spacial score (nSPS) is 12.4. The molecule has 1 unspecified atom stereocenters. The second-order valence-corrected chi connectivity index (χ2v) is 4.66. The van der Waals surface area contributed by atoms with Crippen molar-refractivity contribution in [3.8, 4) is 5.75 Å². The zero-order valence-corrected chi connectivity index (χ0v) is 9.46. The van der Waals surface area contributed by atoms with E-state index in [0.29, 0.717) is 6.35 Å². The van der Waals surface area contributed by atoms with E-state index in [0.717, 1.165) is 18.0 Å². The number of nitrogens with two attached hydrogens (primary N) is 1. The minimum Gasteiger partial charge on any atom is -0.487 e. The van der Waals surface area contributed by atoms with E-state index in [1.165, 1.54) is 0 Å². The first-order valence-electron chi connectivity index (χ1n) is 4.54. The summed E-state index contributed by atoms with van der Waals surface area (Å²) in [5, 5.41) is 0. The summed E-state index contributed by atoms with van der Waals surface area (Å²) in [7, 11) is -0.465. The SMILES string of the molecule is CCOP(C)COc1ccc(N)cc1. The lowest BCUT2D eigenvalue weighted by molar-refractivity contribution is 0.334. The Balaban J connectivity index is 2.34. The number of ether oxygens (including phenoxy) is 1. The van der Waals surface area contributed by atoms with E-state index in [-0.39, 0.29) is 0 Å². The molecule has 1 rings (SSSR count). The van der Waals surface area contributed by atoms with Gasteiger partial charge in [-0.15, -0.1) is 0 Å². The Bertz CT molecular complexity index is 263. The summed E-state index contributed by atoms with van der Waals surface area (Å²) in [5.41, 5.74) is 6.30. The van der Waals surface area contributed by atoms with Crippen LogP contribution in [0.15, 0.2) is 24.3 Å². The number of hydrogen-bond donors (Lipinski definition) is 1. The van der Waals surface area contributed by atoms with E-state index in [9.17, 15) is 0 Å². The molecule has 0 saturated carbocycles. The van der Waals surface area contributed by atoms with Crippen molar-refractivity contribution in [2.45, 2.75) is 6.92 Å². The van der Waals surface area contributed by atoms with E-state index < -0.39 is 8.15 Å². The van der Waals surface area contributed by atoms with Crippen LogP contribution in [0, 0.1) is 0 Å². The second-order valence-electron chi connectivity index (χ2n) is 2.89. The average Bonchev–Trinajstić information content (AvgIpc) is 2.17. The van der Waals surface area contributed by atoms with Crippen LogP contribution in [0.4, 0.5) is 5.69 Å². The van der Waals surface area contributed by atoms with Crippen LogP contribution in [0.3, 0.4) is 0 Å². The predicted molar refractivity (Wildman–Crippen MR) is 60.8 cm³/mol. The highest BCUT2D eigenvalue weighted by Gasteiger charge is 2.01. The second kappa shape index (κ2) is 5.84. The maximum atomic E-state index is 5.55. The van der Waals surface area contributed by atoms with Crippen LogP contribution >= 0.6 is 8.15 Å². The summed E-state index contributed by atoms with van der Waals surface area (Å²) in [5.74, 6) is 0.841. The van der Waals surface area contributed by atoms with Gasteiger partial charge in [0.25, 0.3) is 0 Å². The zero-order valence-electron chi connectivity index (χ0n) is 8.56. The van der Waals surface area contributed by atoms with Crippen molar-refractivity contribution < 1.29 is 9.26 Å². The Morgan fingerprint density at radius 2 is 1.93 bits per heavy atom. The van der Waals surface area contributed by atoms with Crippen LogP contribution in [0.2, 0.25) is 0 Å². The third-order valence-electron chi connectivity index (χ3n) is 1.64. The number of nitrogen functional groups attached to an aromatic ring is 1. The lowest BCUT2D eigenvalue weighted by Crippen LogP contribution is -1.97. The van der Waals surface area contributed by atoms with Crippen LogP contribution in [-0.2, 0) is 4.52 Å². The van der Waals surface area contributed by atoms with E-state index in [4.69, 9.17) is 15.0 Å². The Hall–Kier alpha value is -0.790. The van der Waals surface area contributed by atoms with Crippen molar-refractivity contribution in [1.29, 1.82) is 0 Å². The van der Waals surface area contributed by atoms with E-state index in [1.54, 1.807) is 0 Å². The molecule has 0 heterocycles. The number of hydrogen-bond acceptors (Lipinski definition) is 3. The monoisotopic (exact) mass is 213 g/mol. The third kappa shape index (κ3) is 3.95. The number of rotatable bonds is 5. The molecule has 0 bridgehead atoms. The summed E-state index contributed by atoms with van der Waals surface area (Å²) < 4.78 is 10.9. The van der Waals surface area contributed by atoms with Gasteiger partial charge in [-0.2, -0.15) is 0 Å². The summed E-state index contributed by atoms with van der Waals surface area (Å²) in [6, 6.07) is 7.39. The smallest absolute Gasteiger partial charge is 0.131 e. The van der Waals surface area contributed by atoms with Crippen molar-refractivity contribution in [2.24, 2.45) is 0 Å². The van der Waals surface area contributed by atoms with Gasteiger partial charge >= 0.3 is 0 Å². The highest BCUT2D eigenvalue weighted by Crippen LogP contribution is 2.32. The van der Waals surface area contributed by atoms with Crippen LogP contribution in [-0.4, -0.2) is 19.6 Å². The fraction of sp³-hybridized carbons (Fsp3) is 0.400. The molecule has 1 aromatic rings. The first-order valence-corrected chi connectivity index (χ1v) is 6.44. The minimum absolute atomic E-state index is 0.465. The highest BCUT2D eigenvalue weighted by molar-refractivity contribution is 7.51. The van der Waals surface area contributed by atoms with E-state index in [2.05, 4.69) is 6.66 Å². The fourth-order valence-corrected chi connectivity index (χ4v) is 1.83. The molecule has 0 aliphatic carbocycles. The first-order chi connectivity index (χ1) is 6.72. The molecule has 1 atom stereocenters. The molecule has 0 fully saturated rings. The van der Waals surface area contributed by atoms with Crippen LogP contribution in [0.25, 0.3) is 0 Å². The molecule has 3 nitrogen and oxygen atoms in total. The van der Waals surface area contributed by atoms with Gasteiger partial charge in [0.15, 0.2) is 0 Å². The standard InChI is InChI=1S/C10H16NO2P/c1-3-13-14(2)8-12-10-6-4-9(11)5-7-10/h4-7H,3,8,11H2,1-2H3. The quantitative estimate of drug-likeness (QED) is 0.604. The molecule has 0 saturated heterocycles. The van der Waals surface area contributed by atoms with Gasteiger partial charge in [-0.05, 0) is 37.9 Å². The summed E-state index contributed by atoms with van der Waals surface area (Å²) in [6.07, 6.45) is 0.632. The molecule has 2 N–H and O–H groups in total. The summed E-state index contributed by atoms with van der Waals surface area (Å²) >= 11 is 0. The van der Waals surface area contributed by atoms with Crippen molar-refractivity contribution in [3.05, 3.63) is 24.3 Å². The minimum atomic E-state index is -0.465. The Morgan fingerprint density at radius 3 is 2.50 bits per heavy atom. The lowest BCUT2D eigenvalue weighted by atomic mass is 10.3. The molecule has 0 spiro atoms. The van der Waals surface area contributed by atoms with Gasteiger partial charge in [-0.3, -0.25) is 0 Å². The van der Waals surface area contributed by atoms with Crippen LogP contribution in [0.1, 0.15) is 6.92 Å². The van der Waals surface area contributed by atoms with E-state index in [1.807, 2.05) is 31.2 Å². The molecule has 14 heavy (non-hydrogen) atoms. The van der Waals surface area contributed by atoms with Gasteiger partial charge in [0.05, 0.1) is 8.15 Å². The maximum Gasteiger partial charge on any atom is 0.131 e. The molecule has 0 amide bonds. The molecule has 0 radical (unpaired) electrons. The van der Waals surface area contributed by atoms with Crippen molar-refractivity contribution in [3.63, 3.8) is 0 Å². The molecule has 78 valence electrons. The Kier molecular flexibility index (Phi) is 4.71. The van der Waals surface area contributed by atoms with Crippen molar-refractivity contribution in [2.75, 3.05) is 25.4 Å². The van der Waals surface area contributed by atoms with Crippen LogP contribution in [0.5, 0.6) is 5.75 Å². The summed E-state index contributed by atoms with van der Waals surface area (Å²) in [6.45, 7) is 4.78. The predicted octanol–water partition coefficient (Wildman–Crippen LogP) is 2.67. The molecule has 4 heteroatoms. The van der Waals surface area contributed by atoms with E-state index >= 15 is 0 Å². The summed E-state index contributed by atoms with van der Waals surface area (Å²) in [4.78, 5) is 0. The third-order valence-corrected chi connectivity index (χ3v) is 2.83. The van der Waals surface area contributed by atoms with Gasteiger partial charge in [-0.1, -0.05) is 0 Å². The molecular formula is C10H16NO2P. The number of benzene rings is 1. The van der Waals surface area contributed by atoms with Crippen molar-refractivity contribution in [1.82, 2.24) is 0 Å². The maximum absolute atomic E-state index is 5.55.